The minimum Gasteiger partial charge on any atom is -0.366 e. The summed E-state index contributed by atoms with van der Waals surface area (Å²) in [5.74, 6) is -0.920. The number of carbonyl (C=O) groups excluding carboxylic acids is 2. The van der Waals surface area contributed by atoms with Crippen LogP contribution in [0.3, 0.4) is 0 Å². The minimum absolute atomic E-state index is 0.0520. The quantitative estimate of drug-likeness (QED) is 0.673. The van der Waals surface area contributed by atoms with Gasteiger partial charge >= 0.3 is 0 Å². The SMILES string of the molecule is CCC(/C(=C/CC(C(N)=O)=C(C)C)C(N)=O)N(C)C. The Morgan fingerprint density at radius 1 is 1.16 bits per heavy atom. The van der Waals surface area contributed by atoms with Crippen LogP contribution in [0.5, 0.6) is 0 Å². The molecule has 1 atom stereocenters. The predicted octanol–water partition coefficient (Wildman–Crippen LogP) is 0.950. The van der Waals surface area contributed by atoms with Crippen molar-refractivity contribution in [3.63, 3.8) is 0 Å². The Kier molecular flexibility index (Phi) is 7.08. The van der Waals surface area contributed by atoms with Gasteiger partial charge in [-0.05, 0) is 40.8 Å². The lowest BCUT2D eigenvalue weighted by molar-refractivity contribution is -0.116. The normalized spacial score (nSPS) is 13.3. The van der Waals surface area contributed by atoms with Gasteiger partial charge in [0.1, 0.15) is 0 Å². The summed E-state index contributed by atoms with van der Waals surface area (Å²) in [4.78, 5) is 24.8. The molecule has 0 heterocycles. The molecule has 108 valence electrons. The standard InChI is InChI=1S/C14H25N3O2/c1-6-12(17(4)5)11(14(16)19)8-7-10(9(2)3)13(15)18/h8,12H,6-7H2,1-5H3,(H2,15,18)(H2,16,19)/b11-8-. The van der Waals surface area contributed by atoms with Gasteiger partial charge in [0.05, 0.1) is 0 Å². The van der Waals surface area contributed by atoms with Gasteiger partial charge in [-0.15, -0.1) is 0 Å². The third-order valence-corrected chi connectivity index (χ3v) is 3.08. The van der Waals surface area contributed by atoms with Gasteiger partial charge in [-0.25, -0.2) is 0 Å². The molecular formula is C14H25N3O2. The van der Waals surface area contributed by atoms with Crippen LogP contribution in [-0.2, 0) is 9.59 Å². The molecule has 0 aliphatic heterocycles. The monoisotopic (exact) mass is 267 g/mol. The molecule has 0 aromatic carbocycles. The molecule has 0 aliphatic rings. The summed E-state index contributed by atoms with van der Waals surface area (Å²) >= 11 is 0. The average molecular weight is 267 g/mol. The fraction of sp³-hybridized carbons (Fsp3) is 0.571. The molecular weight excluding hydrogens is 242 g/mol. The molecule has 0 aromatic heterocycles. The van der Waals surface area contributed by atoms with Gasteiger partial charge in [0.2, 0.25) is 11.8 Å². The third kappa shape index (κ3) is 5.26. The first-order chi connectivity index (χ1) is 8.72. The largest absolute Gasteiger partial charge is 0.366 e. The highest BCUT2D eigenvalue weighted by Gasteiger charge is 2.19. The number of nitrogens with zero attached hydrogens (tertiary/aromatic N) is 1. The van der Waals surface area contributed by atoms with Crippen molar-refractivity contribution >= 4 is 11.8 Å². The van der Waals surface area contributed by atoms with Crippen LogP contribution in [0, 0.1) is 0 Å². The molecule has 0 aromatic rings. The molecule has 0 bridgehead atoms. The summed E-state index contributed by atoms with van der Waals surface area (Å²) < 4.78 is 0. The Bertz CT molecular complexity index is 405. The number of primary amides is 2. The van der Waals surface area contributed by atoms with Crippen LogP contribution >= 0.6 is 0 Å². The van der Waals surface area contributed by atoms with Gasteiger partial charge < -0.3 is 16.4 Å². The van der Waals surface area contributed by atoms with E-state index in [4.69, 9.17) is 11.5 Å². The van der Waals surface area contributed by atoms with E-state index >= 15 is 0 Å². The van der Waals surface area contributed by atoms with Gasteiger partial charge in [-0.3, -0.25) is 9.59 Å². The second-order valence-electron chi connectivity index (χ2n) is 4.96. The third-order valence-electron chi connectivity index (χ3n) is 3.08. The molecule has 0 saturated heterocycles. The fourth-order valence-corrected chi connectivity index (χ4v) is 2.03. The number of hydrogen-bond donors (Lipinski definition) is 2. The molecule has 0 rings (SSSR count). The number of nitrogens with two attached hydrogens (primary N) is 2. The molecule has 5 heteroatoms. The molecule has 1 unspecified atom stereocenters. The maximum atomic E-state index is 11.6. The second-order valence-corrected chi connectivity index (χ2v) is 4.96. The molecule has 0 spiro atoms. The number of allylic oxidation sites excluding steroid dienone is 2. The van der Waals surface area contributed by atoms with E-state index < -0.39 is 11.8 Å². The van der Waals surface area contributed by atoms with Crippen molar-refractivity contribution in [2.75, 3.05) is 14.1 Å². The molecule has 0 aliphatic carbocycles. The Hall–Kier alpha value is -1.62. The zero-order chi connectivity index (χ0) is 15.2. The first-order valence-corrected chi connectivity index (χ1v) is 6.34. The van der Waals surface area contributed by atoms with E-state index in [9.17, 15) is 9.59 Å². The lowest BCUT2D eigenvalue weighted by Gasteiger charge is -2.24. The second kappa shape index (κ2) is 7.74. The molecule has 0 fully saturated rings. The summed E-state index contributed by atoms with van der Waals surface area (Å²) in [6.07, 6.45) is 2.81. The molecule has 5 nitrogen and oxygen atoms in total. The zero-order valence-corrected chi connectivity index (χ0v) is 12.5. The summed E-state index contributed by atoms with van der Waals surface area (Å²) in [6, 6.07) is -0.0520. The first kappa shape index (κ1) is 17.4. The highest BCUT2D eigenvalue weighted by atomic mass is 16.1. The number of amides is 2. The van der Waals surface area contributed by atoms with Crippen LogP contribution in [-0.4, -0.2) is 36.9 Å². The topological polar surface area (TPSA) is 89.4 Å². The predicted molar refractivity (Wildman–Crippen MR) is 77.2 cm³/mol. The van der Waals surface area contributed by atoms with Crippen LogP contribution in [0.15, 0.2) is 22.8 Å². The highest BCUT2D eigenvalue weighted by molar-refractivity contribution is 5.95. The van der Waals surface area contributed by atoms with Gasteiger partial charge in [-0.1, -0.05) is 18.6 Å². The number of carbonyl (C=O) groups is 2. The number of rotatable bonds is 7. The maximum Gasteiger partial charge on any atom is 0.245 e. The molecule has 0 radical (unpaired) electrons. The fourth-order valence-electron chi connectivity index (χ4n) is 2.03. The maximum absolute atomic E-state index is 11.6. The molecule has 4 N–H and O–H groups in total. The first-order valence-electron chi connectivity index (χ1n) is 6.34. The molecule has 0 saturated carbocycles. The van der Waals surface area contributed by atoms with E-state index in [1.165, 1.54) is 0 Å². The molecule has 2 amide bonds. The van der Waals surface area contributed by atoms with Crippen molar-refractivity contribution in [2.45, 2.75) is 39.7 Å². The number of hydrogen-bond acceptors (Lipinski definition) is 3. The van der Waals surface area contributed by atoms with Crippen molar-refractivity contribution in [1.29, 1.82) is 0 Å². The van der Waals surface area contributed by atoms with Crippen LogP contribution < -0.4 is 11.5 Å². The van der Waals surface area contributed by atoms with E-state index in [1.54, 1.807) is 6.08 Å². The van der Waals surface area contributed by atoms with Crippen molar-refractivity contribution in [2.24, 2.45) is 11.5 Å². The van der Waals surface area contributed by atoms with E-state index in [0.29, 0.717) is 17.6 Å². The highest BCUT2D eigenvalue weighted by Crippen LogP contribution is 2.16. The van der Waals surface area contributed by atoms with E-state index in [-0.39, 0.29) is 6.04 Å². The Morgan fingerprint density at radius 3 is 1.95 bits per heavy atom. The van der Waals surface area contributed by atoms with Gasteiger partial charge in [0.25, 0.3) is 0 Å². The van der Waals surface area contributed by atoms with Crippen LogP contribution in [0.2, 0.25) is 0 Å². The van der Waals surface area contributed by atoms with Crippen molar-refractivity contribution in [1.82, 2.24) is 4.90 Å². The van der Waals surface area contributed by atoms with Crippen molar-refractivity contribution in [3.8, 4) is 0 Å². The van der Waals surface area contributed by atoms with Crippen LogP contribution in [0.1, 0.15) is 33.6 Å². The molecule has 19 heavy (non-hydrogen) atoms. The Morgan fingerprint density at radius 2 is 1.68 bits per heavy atom. The minimum atomic E-state index is -0.460. The van der Waals surface area contributed by atoms with E-state index in [2.05, 4.69) is 0 Å². The van der Waals surface area contributed by atoms with Crippen molar-refractivity contribution in [3.05, 3.63) is 22.8 Å². The van der Waals surface area contributed by atoms with Gasteiger partial charge in [-0.2, -0.15) is 0 Å². The van der Waals surface area contributed by atoms with Gasteiger partial charge in [0.15, 0.2) is 0 Å². The number of likely N-dealkylation sites (N-methyl/N-ethyl adjacent to an activating group) is 1. The lowest BCUT2D eigenvalue weighted by Crippen LogP contribution is -2.35. The van der Waals surface area contributed by atoms with Crippen molar-refractivity contribution < 1.29 is 9.59 Å². The van der Waals surface area contributed by atoms with E-state index in [1.807, 2.05) is 39.8 Å². The lowest BCUT2D eigenvalue weighted by atomic mass is 9.98. The Labute approximate surface area is 115 Å². The summed E-state index contributed by atoms with van der Waals surface area (Å²) in [5, 5.41) is 0. The summed E-state index contributed by atoms with van der Waals surface area (Å²) in [5.41, 5.74) is 12.6. The average Bonchev–Trinajstić information content (AvgIpc) is 2.26. The smallest absolute Gasteiger partial charge is 0.245 e. The van der Waals surface area contributed by atoms with Gasteiger partial charge in [0, 0.05) is 17.2 Å². The summed E-state index contributed by atoms with van der Waals surface area (Å²) in [6.45, 7) is 5.62. The van der Waals surface area contributed by atoms with E-state index in [0.717, 1.165) is 12.0 Å². The Balaban J connectivity index is 5.32. The van der Waals surface area contributed by atoms with Crippen LogP contribution in [0.25, 0.3) is 0 Å². The summed E-state index contributed by atoms with van der Waals surface area (Å²) in [7, 11) is 3.78. The van der Waals surface area contributed by atoms with Crippen LogP contribution in [0.4, 0.5) is 0 Å². The zero-order valence-electron chi connectivity index (χ0n) is 12.5.